The number of hydrogen-bond acceptors (Lipinski definition) is 3. The van der Waals surface area contributed by atoms with E-state index in [0.29, 0.717) is 15.7 Å². The summed E-state index contributed by atoms with van der Waals surface area (Å²) in [5.41, 5.74) is 6.46. The Bertz CT molecular complexity index is 1220. The van der Waals surface area contributed by atoms with Crippen LogP contribution in [0.4, 0.5) is 32.3 Å². The Hall–Kier alpha value is -2.50. The number of para-hydroxylation sites is 2. The first kappa shape index (κ1) is 27.1. The summed E-state index contributed by atoms with van der Waals surface area (Å²) in [5.74, 6) is 0.865. The van der Waals surface area contributed by atoms with Crippen molar-refractivity contribution in [2.24, 2.45) is 0 Å². The summed E-state index contributed by atoms with van der Waals surface area (Å²) in [7, 11) is 0. The van der Waals surface area contributed by atoms with Crippen LogP contribution < -0.4 is 22.7 Å². The van der Waals surface area contributed by atoms with Crippen LogP contribution in [0.25, 0.3) is 11.0 Å². The van der Waals surface area contributed by atoms with Gasteiger partial charge in [-0.05, 0) is 48.5 Å². The average molecular weight is 550 g/mol. The van der Waals surface area contributed by atoms with Crippen LogP contribution in [0.3, 0.4) is 0 Å². The van der Waals surface area contributed by atoms with Crippen molar-refractivity contribution in [3.8, 4) is 0 Å². The average Bonchev–Trinajstić information content (AvgIpc) is 3.06. The monoisotopic (exact) mass is 549 g/mol. The maximum atomic E-state index is 13.0. The van der Waals surface area contributed by atoms with E-state index in [0.717, 1.165) is 35.3 Å². The highest BCUT2D eigenvalue weighted by Gasteiger charge is 2.31. The number of nitrogens with two attached hydrogens (primary N) is 1. The highest BCUT2D eigenvalue weighted by Crippen LogP contribution is 2.34. The predicted molar refractivity (Wildman–Crippen MR) is 121 cm³/mol. The Morgan fingerprint density at radius 1 is 0.743 bits per heavy atom. The normalized spacial score (nSPS) is 12.1. The minimum atomic E-state index is -4.43. The molecule has 4 rings (SSSR count). The molecule has 186 valence electrons. The third-order valence-corrected chi connectivity index (χ3v) is 7.01. The van der Waals surface area contributed by atoms with Crippen LogP contribution in [-0.4, -0.2) is 4.57 Å². The molecule has 0 atom stereocenters. The van der Waals surface area contributed by atoms with E-state index >= 15 is 0 Å². The number of anilines is 1. The lowest BCUT2D eigenvalue weighted by Crippen LogP contribution is -3.00. The molecule has 0 unspecified atom stereocenters. The predicted octanol–water partition coefficient (Wildman–Crippen LogP) is 4.05. The van der Waals surface area contributed by atoms with Crippen LogP contribution in [-0.2, 0) is 24.1 Å². The van der Waals surface area contributed by atoms with E-state index in [9.17, 15) is 26.3 Å². The molecule has 3 aromatic carbocycles. The first-order valence-electron chi connectivity index (χ1n) is 9.91. The molecule has 4 aromatic rings. The van der Waals surface area contributed by atoms with Gasteiger partial charge in [-0.25, -0.2) is 9.13 Å². The lowest BCUT2D eigenvalue weighted by molar-refractivity contribution is -0.635. The number of alkyl halides is 6. The Morgan fingerprint density at radius 3 is 1.86 bits per heavy atom. The topological polar surface area (TPSA) is 34.8 Å². The number of aromatic nitrogens is 2. The Morgan fingerprint density at radius 2 is 1.29 bits per heavy atom. The number of nitrogens with zero attached hydrogens (tertiary/aromatic N) is 2. The number of benzene rings is 3. The molecule has 1 aromatic heterocycles. The molecule has 0 amide bonds. The maximum absolute atomic E-state index is 13.0. The molecular formula is C23H18ClF6N3S2. The van der Waals surface area contributed by atoms with Crippen molar-refractivity contribution < 1.29 is 43.3 Å². The van der Waals surface area contributed by atoms with Gasteiger partial charge in [0.25, 0.3) is 0 Å². The molecule has 2 N–H and O–H groups in total. The second-order valence-corrected chi connectivity index (χ2v) is 9.34. The van der Waals surface area contributed by atoms with Crippen molar-refractivity contribution in [3.63, 3.8) is 0 Å². The van der Waals surface area contributed by atoms with Gasteiger partial charge in [0.05, 0.1) is 11.1 Å². The van der Waals surface area contributed by atoms with Gasteiger partial charge in [-0.1, -0.05) is 47.8 Å². The first-order chi connectivity index (χ1) is 16.0. The number of rotatable bonds is 6. The minimum Gasteiger partial charge on any atom is -1.00 e. The summed E-state index contributed by atoms with van der Waals surface area (Å²) in [4.78, 5) is 0.883. The van der Waals surface area contributed by atoms with Crippen LogP contribution in [0.15, 0.2) is 82.6 Å². The standard InChI is InChI=1S/C23H17F6N3S2.ClH/c24-22(25,26)15-5-3-7-17(11-15)33-13-31-19-9-1-2-10-20(19)32(21(31)30)14-34-18-8-4-6-16(12-18)23(27,28)29;/h1-12,30H,13-14H2;1H. The third-order valence-electron chi connectivity index (χ3n) is 5.06. The Balaban J connectivity index is 0.00000342. The lowest BCUT2D eigenvalue weighted by atomic mass is 10.2. The molecule has 0 aliphatic heterocycles. The molecule has 0 aliphatic rings. The van der Waals surface area contributed by atoms with E-state index in [-0.39, 0.29) is 24.2 Å². The van der Waals surface area contributed by atoms with Gasteiger partial charge in [0, 0.05) is 9.79 Å². The van der Waals surface area contributed by atoms with Crippen molar-refractivity contribution in [1.82, 2.24) is 4.57 Å². The molecule has 1 heterocycles. The van der Waals surface area contributed by atoms with Crippen LogP contribution in [0.2, 0.25) is 0 Å². The molecular weight excluding hydrogens is 532 g/mol. The van der Waals surface area contributed by atoms with E-state index in [1.54, 1.807) is 21.3 Å². The van der Waals surface area contributed by atoms with E-state index in [4.69, 9.17) is 5.73 Å². The summed E-state index contributed by atoms with van der Waals surface area (Å²) >= 11 is 2.41. The Labute approximate surface area is 211 Å². The largest absolute Gasteiger partial charge is 1.00 e. The number of hydrogen-bond donors (Lipinski definition) is 1. The molecule has 0 saturated heterocycles. The van der Waals surface area contributed by atoms with Gasteiger partial charge in [0.15, 0.2) is 0 Å². The van der Waals surface area contributed by atoms with Gasteiger partial charge >= 0.3 is 18.3 Å². The summed E-state index contributed by atoms with van der Waals surface area (Å²) in [6, 6.07) is 17.4. The molecule has 0 aliphatic carbocycles. The third kappa shape index (κ3) is 6.20. The molecule has 0 radical (unpaired) electrons. The molecule has 0 saturated carbocycles. The summed E-state index contributed by atoms with van der Waals surface area (Å²) in [6.45, 7) is 0. The fourth-order valence-electron chi connectivity index (χ4n) is 3.39. The van der Waals surface area contributed by atoms with Crippen LogP contribution in [0.5, 0.6) is 0 Å². The second-order valence-electron chi connectivity index (χ2n) is 7.30. The molecule has 3 nitrogen and oxygen atoms in total. The van der Waals surface area contributed by atoms with E-state index in [2.05, 4.69) is 0 Å². The van der Waals surface area contributed by atoms with E-state index < -0.39 is 23.5 Å². The zero-order valence-electron chi connectivity index (χ0n) is 17.8. The van der Waals surface area contributed by atoms with Crippen molar-refractivity contribution in [3.05, 3.63) is 83.9 Å². The fraction of sp³-hybridized carbons (Fsp3) is 0.174. The van der Waals surface area contributed by atoms with Crippen molar-refractivity contribution in [2.45, 2.75) is 33.9 Å². The number of nitrogen functional groups attached to an aromatic ring is 1. The SMILES string of the molecule is Nc1n(CSc2cccc(C(F)(F)F)c2)c2ccccc2[n+]1CSc1cccc(C(F)(F)F)c1.[Cl-]. The van der Waals surface area contributed by atoms with Gasteiger partial charge < -0.3 is 12.4 Å². The van der Waals surface area contributed by atoms with E-state index in [1.165, 1.54) is 35.7 Å². The van der Waals surface area contributed by atoms with Gasteiger partial charge in [0.1, 0.15) is 22.8 Å². The Kier molecular flexibility index (Phi) is 8.23. The minimum absolute atomic E-state index is 0. The number of fused-ring (bicyclic) bond motifs is 1. The highest BCUT2D eigenvalue weighted by molar-refractivity contribution is 7.98. The maximum Gasteiger partial charge on any atom is 0.416 e. The molecule has 12 heteroatoms. The van der Waals surface area contributed by atoms with Crippen LogP contribution in [0.1, 0.15) is 11.1 Å². The fourth-order valence-corrected chi connectivity index (χ4v) is 5.26. The first-order valence-corrected chi connectivity index (χ1v) is 11.9. The quantitative estimate of drug-likeness (QED) is 0.224. The van der Waals surface area contributed by atoms with Gasteiger partial charge in [-0.3, -0.25) is 5.73 Å². The van der Waals surface area contributed by atoms with Crippen molar-refractivity contribution in [2.75, 3.05) is 5.73 Å². The lowest BCUT2D eigenvalue weighted by Gasteiger charge is -2.09. The van der Waals surface area contributed by atoms with Gasteiger partial charge in [0.2, 0.25) is 0 Å². The summed E-state index contributed by atoms with van der Waals surface area (Å²) < 4.78 is 81.7. The molecule has 0 spiro atoms. The second kappa shape index (κ2) is 10.6. The summed E-state index contributed by atoms with van der Waals surface area (Å²) in [6.07, 6.45) is -8.86. The highest BCUT2D eigenvalue weighted by atomic mass is 35.5. The van der Waals surface area contributed by atoms with Gasteiger partial charge in [-0.15, -0.1) is 0 Å². The number of halogens is 7. The van der Waals surface area contributed by atoms with Gasteiger partial charge in [-0.2, -0.15) is 26.3 Å². The zero-order chi connectivity index (χ0) is 24.5. The smallest absolute Gasteiger partial charge is 0.416 e. The van der Waals surface area contributed by atoms with E-state index in [1.807, 2.05) is 24.3 Å². The molecule has 0 bridgehead atoms. The molecule has 35 heavy (non-hydrogen) atoms. The molecule has 0 fully saturated rings. The van der Waals surface area contributed by atoms with Crippen molar-refractivity contribution >= 4 is 40.5 Å². The number of imidazole rings is 1. The van der Waals surface area contributed by atoms with Crippen molar-refractivity contribution in [1.29, 1.82) is 0 Å². The summed E-state index contributed by atoms with van der Waals surface area (Å²) in [5, 5.41) is 0. The van der Waals surface area contributed by atoms with Crippen LogP contribution >= 0.6 is 23.5 Å². The zero-order valence-corrected chi connectivity index (χ0v) is 20.2. The number of thioether (sulfide) groups is 2. The van der Waals surface area contributed by atoms with Crippen LogP contribution in [0, 0.1) is 0 Å².